The molecule has 38 heavy (non-hydrogen) atoms. The van der Waals surface area contributed by atoms with Gasteiger partial charge in [0.15, 0.2) is 5.65 Å². The van der Waals surface area contributed by atoms with Crippen LogP contribution in [0.1, 0.15) is 36.1 Å². The zero-order valence-corrected chi connectivity index (χ0v) is 22.1. The summed E-state index contributed by atoms with van der Waals surface area (Å²) in [5.74, 6) is 0.822. The van der Waals surface area contributed by atoms with Crippen molar-refractivity contribution in [2.75, 3.05) is 6.54 Å². The Hall–Kier alpha value is -3.88. The molecule has 1 aliphatic carbocycles. The van der Waals surface area contributed by atoms with Gasteiger partial charge in [0.05, 0.1) is 16.3 Å². The number of nitrogens with one attached hydrogen (secondary N) is 3. The molecule has 0 aromatic carbocycles. The molecule has 1 fully saturated rings. The molecule has 0 amide bonds. The maximum Gasteiger partial charge on any atom is 0.155 e. The summed E-state index contributed by atoms with van der Waals surface area (Å²) in [7, 11) is 0. The summed E-state index contributed by atoms with van der Waals surface area (Å²) >= 11 is 1.76. The topological polar surface area (TPSA) is 95.2 Å². The fourth-order valence-corrected chi connectivity index (χ4v) is 6.46. The summed E-state index contributed by atoms with van der Waals surface area (Å²) in [5.41, 5.74) is 7.85. The summed E-state index contributed by atoms with van der Waals surface area (Å²) in [5, 5.41) is 13.4. The van der Waals surface area contributed by atoms with E-state index in [0.717, 1.165) is 69.2 Å². The third-order valence-corrected chi connectivity index (χ3v) is 8.57. The lowest BCUT2D eigenvalue weighted by molar-refractivity contribution is 0.489. The molecule has 0 saturated heterocycles. The molecule has 1 aliphatic rings. The molecule has 8 heteroatoms. The number of thiophene rings is 1. The van der Waals surface area contributed by atoms with Gasteiger partial charge in [0.25, 0.3) is 0 Å². The number of rotatable bonds is 7. The SMILES string of the molecule is Cc1ccc(-c2nccc3[nH]c(-c4n[nH]c5ncc(-c6cncc(CNCC7CCCC7)c6)cc45)cc23)s1. The zero-order valence-electron chi connectivity index (χ0n) is 21.3. The zero-order chi connectivity index (χ0) is 25.5. The standard InChI is InChI=1S/C30H29N7S/c1-18-6-7-27(38-18)29-23-12-26(35-25(23)8-9-33-29)28-24-11-22(17-34-30(24)37-36-28)21-10-20(15-32-16-21)14-31-13-19-4-2-3-5-19/h6-12,15-17,19,31,35H,2-5,13-14H2,1H3,(H,34,36,37). The minimum Gasteiger partial charge on any atom is -0.353 e. The third-order valence-electron chi connectivity index (χ3n) is 7.56. The molecule has 0 unspecified atom stereocenters. The van der Waals surface area contributed by atoms with Gasteiger partial charge in [0.2, 0.25) is 0 Å². The van der Waals surface area contributed by atoms with Crippen molar-refractivity contribution >= 4 is 33.3 Å². The van der Waals surface area contributed by atoms with E-state index in [9.17, 15) is 0 Å². The van der Waals surface area contributed by atoms with E-state index in [0.29, 0.717) is 0 Å². The second-order valence-electron chi connectivity index (χ2n) is 10.3. The normalized spacial score (nSPS) is 14.2. The van der Waals surface area contributed by atoms with Gasteiger partial charge >= 0.3 is 0 Å². The number of pyridine rings is 3. The molecule has 0 atom stereocenters. The number of hydrogen-bond donors (Lipinski definition) is 3. The predicted molar refractivity (Wildman–Crippen MR) is 154 cm³/mol. The Balaban J connectivity index is 1.20. The highest BCUT2D eigenvalue weighted by atomic mass is 32.1. The van der Waals surface area contributed by atoms with Crippen molar-refractivity contribution in [3.63, 3.8) is 0 Å². The van der Waals surface area contributed by atoms with Crippen LogP contribution in [0.3, 0.4) is 0 Å². The number of aryl methyl sites for hydroxylation is 1. The van der Waals surface area contributed by atoms with Gasteiger partial charge in [-0.05, 0) is 74.2 Å². The Kier molecular flexibility index (Phi) is 5.98. The van der Waals surface area contributed by atoms with Crippen LogP contribution in [0.2, 0.25) is 0 Å². The molecule has 1 saturated carbocycles. The van der Waals surface area contributed by atoms with Crippen molar-refractivity contribution in [3.05, 3.63) is 71.6 Å². The van der Waals surface area contributed by atoms with Crippen molar-refractivity contribution in [1.29, 1.82) is 0 Å². The van der Waals surface area contributed by atoms with Crippen molar-refractivity contribution in [1.82, 2.24) is 35.5 Å². The summed E-state index contributed by atoms with van der Waals surface area (Å²) in [6.07, 6.45) is 13.1. The average Bonchev–Trinajstić information content (AvgIpc) is 3.74. The van der Waals surface area contributed by atoms with Crippen LogP contribution < -0.4 is 5.32 Å². The van der Waals surface area contributed by atoms with Gasteiger partial charge in [-0.15, -0.1) is 11.3 Å². The highest BCUT2D eigenvalue weighted by molar-refractivity contribution is 7.15. The van der Waals surface area contributed by atoms with Gasteiger partial charge in [0, 0.05) is 63.6 Å². The van der Waals surface area contributed by atoms with Crippen molar-refractivity contribution < 1.29 is 0 Å². The van der Waals surface area contributed by atoms with Gasteiger partial charge in [0.1, 0.15) is 5.69 Å². The molecule has 7 nitrogen and oxygen atoms in total. The molecule has 7 rings (SSSR count). The Morgan fingerprint density at radius 1 is 0.947 bits per heavy atom. The van der Waals surface area contributed by atoms with E-state index in [2.05, 4.69) is 67.7 Å². The van der Waals surface area contributed by atoms with E-state index < -0.39 is 0 Å². The molecule has 190 valence electrons. The van der Waals surface area contributed by atoms with Gasteiger partial charge in [-0.3, -0.25) is 15.1 Å². The Labute approximate surface area is 224 Å². The van der Waals surface area contributed by atoms with Crippen LogP contribution in [-0.2, 0) is 6.54 Å². The summed E-state index contributed by atoms with van der Waals surface area (Å²) in [6.45, 7) is 4.04. The second kappa shape index (κ2) is 9.78. The highest BCUT2D eigenvalue weighted by Gasteiger charge is 2.17. The van der Waals surface area contributed by atoms with E-state index in [1.165, 1.54) is 41.0 Å². The molecule has 6 aromatic rings. The average molecular weight is 520 g/mol. The number of hydrogen-bond acceptors (Lipinski definition) is 6. The first kappa shape index (κ1) is 23.3. The number of aromatic amines is 2. The Bertz CT molecular complexity index is 1740. The van der Waals surface area contributed by atoms with Crippen LogP contribution in [0.4, 0.5) is 0 Å². The highest BCUT2D eigenvalue weighted by Crippen LogP contribution is 2.36. The van der Waals surface area contributed by atoms with Crippen LogP contribution in [0.25, 0.3) is 55.0 Å². The first-order valence-electron chi connectivity index (χ1n) is 13.3. The smallest absolute Gasteiger partial charge is 0.155 e. The molecule has 0 aliphatic heterocycles. The molecule has 6 heterocycles. The first-order chi connectivity index (χ1) is 18.7. The van der Waals surface area contributed by atoms with Crippen LogP contribution in [0.15, 0.2) is 61.2 Å². The first-order valence-corrected chi connectivity index (χ1v) is 14.1. The van der Waals surface area contributed by atoms with Crippen molar-refractivity contribution in [3.8, 4) is 33.1 Å². The monoisotopic (exact) mass is 519 g/mol. The molecular weight excluding hydrogens is 490 g/mol. The summed E-state index contributed by atoms with van der Waals surface area (Å²) in [6, 6.07) is 12.8. The quantitative estimate of drug-likeness (QED) is 0.214. The van der Waals surface area contributed by atoms with Gasteiger partial charge in [-0.1, -0.05) is 12.8 Å². The maximum atomic E-state index is 4.69. The molecule has 6 aromatic heterocycles. The molecule has 0 spiro atoms. The van der Waals surface area contributed by atoms with E-state index in [4.69, 9.17) is 4.98 Å². The largest absolute Gasteiger partial charge is 0.353 e. The van der Waals surface area contributed by atoms with Crippen molar-refractivity contribution in [2.45, 2.75) is 39.2 Å². The Morgan fingerprint density at radius 3 is 2.71 bits per heavy atom. The number of fused-ring (bicyclic) bond motifs is 2. The maximum absolute atomic E-state index is 4.69. The lowest BCUT2D eigenvalue weighted by Crippen LogP contribution is -2.20. The number of aromatic nitrogens is 6. The number of H-pyrrole nitrogens is 2. The molecule has 0 bridgehead atoms. The van der Waals surface area contributed by atoms with E-state index in [1.807, 2.05) is 30.9 Å². The van der Waals surface area contributed by atoms with Crippen LogP contribution >= 0.6 is 11.3 Å². The summed E-state index contributed by atoms with van der Waals surface area (Å²) in [4.78, 5) is 19.9. The van der Waals surface area contributed by atoms with E-state index in [1.54, 1.807) is 11.3 Å². The molecule has 0 radical (unpaired) electrons. The number of nitrogens with zero attached hydrogens (tertiary/aromatic N) is 4. The van der Waals surface area contributed by atoms with Gasteiger partial charge < -0.3 is 10.3 Å². The third kappa shape index (κ3) is 4.40. The Morgan fingerprint density at radius 2 is 1.84 bits per heavy atom. The lowest BCUT2D eigenvalue weighted by atomic mass is 10.1. The second-order valence-corrected chi connectivity index (χ2v) is 11.6. The van der Waals surface area contributed by atoms with Crippen LogP contribution in [-0.4, -0.2) is 36.7 Å². The lowest BCUT2D eigenvalue weighted by Gasteiger charge is -2.11. The fourth-order valence-electron chi connectivity index (χ4n) is 5.58. The van der Waals surface area contributed by atoms with Crippen LogP contribution in [0.5, 0.6) is 0 Å². The van der Waals surface area contributed by atoms with Crippen LogP contribution in [0, 0.1) is 12.8 Å². The minimum absolute atomic E-state index is 0.761. The minimum atomic E-state index is 0.761. The van der Waals surface area contributed by atoms with Crippen molar-refractivity contribution in [2.24, 2.45) is 5.92 Å². The fraction of sp³-hybridized carbons (Fsp3) is 0.267. The predicted octanol–water partition coefficient (Wildman–Crippen LogP) is 6.88. The molecule has 3 N–H and O–H groups in total. The van der Waals surface area contributed by atoms with Gasteiger partial charge in [-0.2, -0.15) is 5.10 Å². The molecular formula is C30H29N7S. The summed E-state index contributed by atoms with van der Waals surface area (Å²) < 4.78 is 0. The van der Waals surface area contributed by atoms with E-state index >= 15 is 0 Å². The van der Waals surface area contributed by atoms with E-state index in [-0.39, 0.29) is 0 Å². The van der Waals surface area contributed by atoms with Gasteiger partial charge in [-0.25, -0.2) is 4.98 Å².